The predicted octanol–water partition coefficient (Wildman–Crippen LogP) is 1.30. The summed E-state index contributed by atoms with van der Waals surface area (Å²) in [4.78, 5) is 9.19. The molecule has 0 amide bonds. The molecule has 0 spiro atoms. The number of rotatable bonds is 5. The van der Waals surface area contributed by atoms with Gasteiger partial charge in [0.2, 0.25) is 16.0 Å². The molecular weight excluding hydrogens is 314 g/mol. The monoisotopic (exact) mass is 328 g/mol. The fourth-order valence-corrected chi connectivity index (χ4v) is 2.69. The van der Waals surface area contributed by atoms with Gasteiger partial charge in [0.15, 0.2) is 0 Å². The van der Waals surface area contributed by atoms with Gasteiger partial charge in [0.1, 0.15) is 16.5 Å². The number of hydrogen-bond donors (Lipinski definition) is 1. The van der Waals surface area contributed by atoms with Crippen LogP contribution in [0.2, 0.25) is 0 Å². The highest BCUT2D eigenvalue weighted by Gasteiger charge is 2.19. The Morgan fingerprint density at radius 3 is 2.59 bits per heavy atom. The first kappa shape index (κ1) is 16.2. The standard InChI is InChI=1S/C13H14F2N4O2S/c1-19(2)13-16-6-5-10(18-13)8-17-22(20,21)12-4-3-9(14)7-11(12)15/h3-7,17H,8H2,1-2H3. The summed E-state index contributed by atoms with van der Waals surface area (Å²) < 4.78 is 52.7. The SMILES string of the molecule is CN(C)c1nccc(CNS(=O)(=O)c2ccc(F)cc2F)n1. The predicted molar refractivity (Wildman–Crippen MR) is 76.7 cm³/mol. The van der Waals surface area contributed by atoms with Crippen molar-refractivity contribution in [3.05, 3.63) is 47.8 Å². The maximum Gasteiger partial charge on any atom is 0.243 e. The Kier molecular flexibility index (Phi) is 4.67. The molecule has 0 atom stereocenters. The van der Waals surface area contributed by atoms with E-state index in [0.29, 0.717) is 17.7 Å². The highest BCUT2D eigenvalue weighted by molar-refractivity contribution is 7.89. The van der Waals surface area contributed by atoms with Crippen LogP contribution in [0.25, 0.3) is 0 Å². The Hall–Kier alpha value is -2.13. The van der Waals surface area contributed by atoms with Crippen LogP contribution in [0.3, 0.4) is 0 Å². The largest absolute Gasteiger partial charge is 0.347 e. The second-order valence-corrected chi connectivity index (χ2v) is 6.38. The van der Waals surface area contributed by atoms with Crippen LogP contribution in [0, 0.1) is 11.6 Å². The summed E-state index contributed by atoms with van der Waals surface area (Å²) in [5, 5.41) is 0. The summed E-state index contributed by atoms with van der Waals surface area (Å²) in [6, 6.07) is 3.81. The Labute approximate surface area is 126 Å². The molecule has 118 valence electrons. The van der Waals surface area contributed by atoms with Gasteiger partial charge in [0, 0.05) is 26.4 Å². The van der Waals surface area contributed by atoms with E-state index in [-0.39, 0.29) is 6.54 Å². The maximum absolute atomic E-state index is 13.6. The molecular formula is C13H14F2N4O2S. The minimum absolute atomic E-state index is 0.136. The maximum atomic E-state index is 13.6. The average molecular weight is 328 g/mol. The molecule has 0 aliphatic rings. The number of benzene rings is 1. The van der Waals surface area contributed by atoms with Gasteiger partial charge in [0.05, 0.1) is 12.2 Å². The van der Waals surface area contributed by atoms with Crippen LogP contribution < -0.4 is 9.62 Å². The van der Waals surface area contributed by atoms with Crippen molar-refractivity contribution in [1.82, 2.24) is 14.7 Å². The third-order valence-electron chi connectivity index (χ3n) is 2.73. The number of halogens is 2. The smallest absolute Gasteiger partial charge is 0.243 e. The van der Waals surface area contributed by atoms with E-state index < -0.39 is 26.6 Å². The lowest BCUT2D eigenvalue weighted by molar-refractivity contribution is 0.542. The van der Waals surface area contributed by atoms with E-state index in [1.165, 1.54) is 12.3 Å². The van der Waals surface area contributed by atoms with Crippen molar-refractivity contribution in [3.8, 4) is 0 Å². The molecule has 2 aromatic rings. The molecule has 1 N–H and O–H groups in total. The van der Waals surface area contributed by atoms with Gasteiger partial charge in [-0.2, -0.15) is 0 Å². The van der Waals surface area contributed by atoms with Crippen LogP contribution in [0.5, 0.6) is 0 Å². The molecule has 9 heteroatoms. The Balaban J connectivity index is 2.18. The zero-order chi connectivity index (χ0) is 16.3. The molecule has 0 fully saturated rings. The summed E-state index contributed by atoms with van der Waals surface area (Å²) in [7, 11) is -0.610. The van der Waals surface area contributed by atoms with Gasteiger partial charge in [-0.15, -0.1) is 0 Å². The van der Waals surface area contributed by atoms with Crippen molar-refractivity contribution in [2.24, 2.45) is 0 Å². The minimum atomic E-state index is -4.10. The number of nitrogens with zero attached hydrogens (tertiary/aromatic N) is 3. The summed E-state index contributed by atoms with van der Waals surface area (Å²) >= 11 is 0. The lowest BCUT2D eigenvalue weighted by Crippen LogP contribution is -2.25. The van der Waals surface area contributed by atoms with Crippen LogP contribution in [0.4, 0.5) is 14.7 Å². The van der Waals surface area contributed by atoms with E-state index in [4.69, 9.17) is 0 Å². The lowest BCUT2D eigenvalue weighted by atomic mass is 10.3. The Bertz CT molecular complexity index is 781. The van der Waals surface area contributed by atoms with Crippen molar-refractivity contribution in [3.63, 3.8) is 0 Å². The minimum Gasteiger partial charge on any atom is -0.347 e. The normalized spacial score (nSPS) is 11.5. The Morgan fingerprint density at radius 2 is 1.95 bits per heavy atom. The zero-order valence-electron chi connectivity index (χ0n) is 11.9. The number of sulfonamides is 1. The summed E-state index contributed by atoms with van der Waals surface area (Å²) in [6.45, 7) is -0.136. The van der Waals surface area contributed by atoms with Gasteiger partial charge < -0.3 is 4.90 Å². The van der Waals surface area contributed by atoms with Crippen LogP contribution >= 0.6 is 0 Å². The fourth-order valence-electron chi connectivity index (χ4n) is 1.64. The van der Waals surface area contributed by atoms with Crippen LogP contribution in [0.15, 0.2) is 35.4 Å². The molecule has 0 radical (unpaired) electrons. The molecule has 1 aromatic carbocycles. The van der Waals surface area contributed by atoms with E-state index in [1.807, 2.05) is 0 Å². The van der Waals surface area contributed by atoms with E-state index in [2.05, 4.69) is 14.7 Å². The highest BCUT2D eigenvalue weighted by Crippen LogP contribution is 2.15. The second kappa shape index (κ2) is 6.32. The van der Waals surface area contributed by atoms with E-state index >= 15 is 0 Å². The topological polar surface area (TPSA) is 75.2 Å². The quantitative estimate of drug-likeness (QED) is 0.895. The number of hydrogen-bond acceptors (Lipinski definition) is 5. The van der Waals surface area contributed by atoms with Crippen molar-refractivity contribution >= 4 is 16.0 Å². The molecule has 0 unspecified atom stereocenters. The second-order valence-electron chi connectivity index (χ2n) is 4.64. The van der Waals surface area contributed by atoms with Gasteiger partial charge >= 0.3 is 0 Å². The molecule has 1 heterocycles. The van der Waals surface area contributed by atoms with Crippen molar-refractivity contribution in [1.29, 1.82) is 0 Å². The number of anilines is 1. The third kappa shape index (κ3) is 3.74. The van der Waals surface area contributed by atoms with Crippen molar-refractivity contribution in [2.75, 3.05) is 19.0 Å². The molecule has 2 rings (SSSR count). The van der Waals surface area contributed by atoms with E-state index in [9.17, 15) is 17.2 Å². The molecule has 0 bridgehead atoms. The first-order chi connectivity index (χ1) is 10.3. The van der Waals surface area contributed by atoms with Gasteiger partial charge in [-0.3, -0.25) is 0 Å². The van der Waals surface area contributed by atoms with E-state index in [0.717, 1.165) is 12.1 Å². The molecule has 0 saturated heterocycles. The fraction of sp³-hybridized carbons (Fsp3) is 0.231. The van der Waals surface area contributed by atoms with Crippen LogP contribution in [-0.4, -0.2) is 32.5 Å². The first-order valence-corrected chi connectivity index (χ1v) is 7.72. The molecule has 22 heavy (non-hydrogen) atoms. The number of aromatic nitrogens is 2. The first-order valence-electron chi connectivity index (χ1n) is 6.23. The molecule has 0 aliphatic carbocycles. The molecule has 0 aliphatic heterocycles. The summed E-state index contributed by atoms with van der Waals surface area (Å²) in [5.41, 5.74) is 0.421. The molecule has 1 aromatic heterocycles. The van der Waals surface area contributed by atoms with E-state index in [1.54, 1.807) is 19.0 Å². The molecule has 6 nitrogen and oxygen atoms in total. The number of nitrogens with one attached hydrogen (secondary N) is 1. The van der Waals surface area contributed by atoms with Gasteiger partial charge in [-0.05, 0) is 18.2 Å². The Morgan fingerprint density at radius 1 is 1.23 bits per heavy atom. The van der Waals surface area contributed by atoms with Crippen LogP contribution in [-0.2, 0) is 16.6 Å². The third-order valence-corrected chi connectivity index (χ3v) is 4.16. The van der Waals surface area contributed by atoms with Gasteiger partial charge in [-0.25, -0.2) is 31.9 Å². The zero-order valence-corrected chi connectivity index (χ0v) is 12.7. The average Bonchev–Trinajstić information content (AvgIpc) is 2.45. The van der Waals surface area contributed by atoms with Gasteiger partial charge in [-0.1, -0.05) is 0 Å². The van der Waals surface area contributed by atoms with Crippen molar-refractivity contribution < 1.29 is 17.2 Å². The summed E-state index contributed by atoms with van der Waals surface area (Å²) in [6.07, 6.45) is 1.49. The lowest BCUT2D eigenvalue weighted by Gasteiger charge is -2.11. The summed E-state index contributed by atoms with van der Waals surface area (Å²) in [5.74, 6) is -1.57. The van der Waals surface area contributed by atoms with Gasteiger partial charge in [0.25, 0.3) is 0 Å². The highest BCUT2D eigenvalue weighted by atomic mass is 32.2. The van der Waals surface area contributed by atoms with Crippen LogP contribution in [0.1, 0.15) is 5.69 Å². The van der Waals surface area contributed by atoms with Crippen molar-refractivity contribution in [2.45, 2.75) is 11.4 Å². The molecule has 0 saturated carbocycles.